The number of methoxy groups -OCH3 is 1. The number of hydrogen-bond donors (Lipinski definition) is 1. The SMILES string of the molecule is COCCNCc1c(F)cccc1N(CC(C)C)C(C)C. The summed E-state index contributed by atoms with van der Waals surface area (Å²) in [4.78, 5) is 2.28. The molecule has 0 aliphatic carbocycles. The van der Waals surface area contributed by atoms with Crippen LogP contribution >= 0.6 is 0 Å². The number of nitrogens with zero attached hydrogens (tertiary/aromatic N) is 1. The Hall–Kier alpha value is -1.13. The van der Waals surface area contributed by atoms with E-state index in [9.17, 15) is 4.39 Å². The Balaban J connectivity index is 2.95. The van der Waals surface area contributed by atoms with Crippen molar-refractivity contribution in [1.82, 2.24) is 5.32 Å². The van der Waals surface area contributed by atoms with Crippen LogP contribution in [0.4, 0.5) is 10.1 Å². The first-order valence-corrected chi connectivity index (χ1v) is 7.71. The summed E-state index contributed by atoms with van der Waals surface area (Å²) in [6, 6.07) is 5.68. The lowest BCUT2D eigenvalue weighted by Gasteiger charge is -2.32. The molecule has 0 amide bonds. The molecular weight excluding hydrogens is 267 g/mol. The molecule has 0 atom stereocenters. The molecule has 0 spiro atoms. The molecule has 0 saturated carbocycles. The molecule has 0 aromatic heterocycles. The third kappa shape index (κ3) is 5.64. The quantitative estimate of drug-likeness (QED) is 0.707. The van der Waals surface area contributed by atoms with Gasteiger partial charge in [0, 0.05) is 44.0 Å². The Morgan fingerprint density at radius 3 is 2.52 bits per heavy atom. The molecule has 0 fully saturated rings. The van der Waals surface area contributed by atoms with E-state index in [1.165, 1.54) is 6.07 Å². The van der Waals surface area contributed by atoms with Gasteiger partial charge in [-0.3, -0.25) is 0 Å². The van der Waals surface area contributed by atoms with Crippen LogP contribution in [0.2, 0.25) is 0 Å². The molecule has 1 aromatic carbocycles. The lowest BCUT2D eigenvalue weighted by molar-refractivity contribution is 0.199. The van der Waals surface area contributed by atoms with Crippen molar-refractivity contribution in [3.8, 4) is 0 Å². The molecule has 0 aliphatic rings. The summed E-state index contributed by atoms with van der Waals surface area (Å²) in [7, 11) is 1.67. The van der Waals surface area contributed by atoms with Crippen LogP contribution < -0.4 is 10.2 Å². The third-order valence-corrected chi connectivity index (χ3v) is 3.37. The maximum Gasteiger partial charge on any atom is 0.129 e. The molecule has 0 bridgehead atoms. The van der Waals surface area contributed by atoms with Crippen molar-refractivity contribution in [2.75, 3.05) is 31.7 Å². The smallest absolute Gasteiger partial charge is 0.129 e. The molecule has 1 N–H and O–H groups in total. The van der Waals surface area contributed by atoms with Crippen molar-refractivity contribution in [3.05, 3.63) is 29.6 Å². The molecule has 120 valence electrons. The van der Waals surface area contributed by atoms with Gasteiger partial charge in [-0.2, -0.15) is 0 Å². The second-order valence-electron chi connectivity index (χ2n) is 6.05. The monoisotopic (exact) mass is 296 g/mol. The molecule has 3 nitrogen and oxygen atoms in total. The minimum atomic E-state index is -0.146. The van der Waals surface area contributed by atoms with Crippen molar-refractivity contribution >= 4 is 5.69 Å². The summed E-state index contributed by atoms with van der Waals surface area (Å²) in [6.07, 6.45) is 0. The van der Waals surface area contributed by atoms with Crippen LogP contribution in [0.5, 0.6) is 0 Å². The Bertz CT molecular complexity index is 421. The van der Waals surface area contributed by atoms with Gasteiger partial charge in [-0.15, -0.1) is 0 Å². The summed E-state index contributed by atoms with van der Waals surface area (Å²) < 4.78 is 19.2. The molecule has 0 unspecified atom stereocenters. The summed E-state index contributed by atoms with van der Waals surface area (Å²) >= 11 is 0. The van der Waals surface area contributed by atoms with Crippen LogP contribution in [0.15, 0.2) is 18.2 Å². The molecule has 4 heteroatoms. The number of ether oxygens (including phenoxy) is 1. The van der Waals surface area contributed by atoms with Gasteiger partial charge in [-0.1, -0.05) is 19.9 Å². The standard InChI is InChI=1S/C17H29FN2O/c1-13(2)12-20(14(3)4)17-8-6-7-16(18)15(17)11-19-9-10-21-5/h6-8,13-14,19H,9-12H2,1-5H3. The van der Waals surface area contributed by atoms with Gasteiger partial charge in [0.1, 0.15) is 5.82 Å². The zero-order valence-corrected chi connectivity index (χ0v) is 13.9. The third-order valence-electron chi connectivity index (χ3n) is 3.37. The van der Waals surface area contributed by atoms with Gasteiger partial charge >= 0.3 is 0 Å². The van der Waals surface area contributed by atoms with Gasteiger partial charge in [-0.05, 0) is 31.9 Å². The first kappa shape index (κ1) is 17.9. The topological polar surface area (TPSA) is 24.5 Å². The van der Waals surface area contributed by atoms with E-state index in [0.717, 1.165) is 24.3 Å². The van der Waals surface area contributed by atoms with Crippen molar-refractivity contribution in [1.29, 1.82) is 0 Å². The second-order valence-corrected chi connectivity index (χ2v) is 6.05. The largest absolute Gasteiger partial charge is 0.383 e. The fraction of sp³-hybridized carbons (Fsp3) is 0.647. The Morgan fingerprint density at radius 1 is 1.24 bits per heavy atom. The molecular formula is C17H29FN2O. The minimum absolute atomic E-state index is 0.146. The zero-order valence-electron chi connectivity index (χ0n) is 13.9. The van der Waals surface area contributed by atoms with Gasteiger partial charge in [0.15, 0.2) is 0 Å². The highest BCUT2D eigenvalue weighted by atomic mass is 19.1. The highest BCUT2D eigenvalue weighted by Crippen LogP contribution is 2.26. The van der Waals surface area contributed by atoms with E-state index in [1.807, 2.05) is 6.07 Å². The van der Waals surface area contributed by atoms with Crippen molar-refractivity contribution < 1.29 is 9.13 Å². The summed E-state index contributed by atoms with van der Waals surface area (Å²) in [5.41, 5.74) is 1.73. The van der Waals surface area contributed by atoms with Gasteiger partial charge in [0.05, 0.1) is 6.61 Å². The maximum atomic E-state index is 14.2. The number of hydrogen-bond acceptors (Lipinski definition) is 3. The van der Waals surface area contributed by atoms with Crippen molar-refractivity contribution in [2.45, 2.75) is 40.3 Å². The molecule has 0 aliphatic heterocycles. The minimum Gasteiger partial charge on any atom is -0.383 e. The van der Waals surface area contributed by atoms with Gasteiger partial charge in [0.2, 0.25) is 0 Å². The Kier molecular flexibility index (Phi) is 7.68. The van der Waals surface area contributed by atoms with Crippen LogP contribution in [0.1, 0.15) is 33.3 Å². The average Bonchev–Trinajstić information content (AvgIpc) is 2.42. The van der Waals surface area contributed by atoms with Crippen molar-refractivity contribution in [2.24, 2.45) is 5.92 Å². The molecule has 1 rings (SSSR count). The first-order chi connectivity index (χ1) is 9.97. The van der Waals surface area contributed by atoms with Crippen LogP contribution in [0, 0.1) is 11.7 Å². The van der Waals surface area contributed by atoms with E-state index >= 15 is 0 Å². The van der Waals surface area contributed by atoms with E-state index < -0.39 is 0 Å². The van der Waals surface area contributed by atoms with Crippen LogP contribution in [0.25, 0.3) is 0 Å². The number of benzene rings is 1. The van der Waals surface area contributed by atoms with Gasteiger partial charge < -0.3 is 15.0 Å². The van der Waals surface area contributed by atoms with E-state index in [4.69, 9.17) is 4.74 Å². The first-order valence-electron chi connectivity index (χ1n) is 7.71. The lowest BCUT2D eigenvalue weighted by atomic mass is 10.1. The lowest BCUT2D eigenvalue weighted by Crippen LogP contribution is -2.35. The molecule has 21 heavy (non-hydrogen) atoms. The van der Waals surface area contributed by atoms with E-state index in [-0.39, 0.29) is 5.82 Å². The summed E-state index contributed by atoms with van der Waals surface area (Å²) in [6.45, 7) is 11.5. The van der Waals surface area contributed by atoms with Gasteiger partial charge in [-0.25, -0.2) is 4.39 Å². The fourth-order valence-electron chi connectivity index (χ4n) is 2.36. The van der Waals surface area contributed by atoms with E-state index in [0.29, 0.717) is 25.1 Å². The Morgan fingerprint density at radius 2 is 1.95 bits per heavy atom. The maximum absolute atomic E-state index is 14.2. The predicted molar refractivity (Wildman–Crippen MR) is 87.3 cm³/mol. The Labute approximate surface area is 128 Å². The highest BCUT2D eigenvalue weighted by molar-refractivity contribution is 5.55. The number of anilines is 1. The molecule has 0 heterocycles. The van der Waals surface area contributed by atoms with Gasteiger partial charge in [0.25, 0.3) is 0 Å². The highest BCUT2D eigenvalue weighted by Gasteiger charge is 2.17. The van der Waals surface area contributed by atoms with Crippen LogP contribution in [0.3, 0.4) is 0 Å². The molecule has 1 aromatic rings. The second kappa shape index (κ2) is 9.00. The number of halogens is 1. The summed E-state index contributed by atoms with van der Waals surface area (Å²) in [5, 5.41) is 3.24. The average molecular weight is 296 g/mol. The van der Waals surface area contributed by atoms with Crippen molar-refractivity contribution in [3.63, 3.8) is 0 Å². The van der Waals surface area contributed by atoms with E-state index in [1.54, 1.807) is 13.2 Å². The molecule has 0 radical (unpaired) electrons. The predicted octanol–water partition coefficient (Wildman–Crippen LogP) is 3.43. The normalized spacial score (nSPS) is 11.4. The molecule has 0 saturated heterocycles. The fourth-order valence-corrected chi connectivity index (χ4v) is 2.36. The van der Waals surface area contributed by atoms with Crippen LogP contribution in [-0.4, -0.2) is 32.8 Å². The zero-order chi connectivity index (χ0) is 15.8. The van der Waals surface area contributed by atoms with Crippen LogP contribution in [-0.2, 0) is 11.3 Å². The van der Waals surface area contributed by atoms with E-state index in [2.05, 4.69) is 37.9 Å². The summed E-state index contributed by atoms with van der Waals surface area (Å²) in [5.74, 6) is 0.386. The number of rotatable bonds is 9. The number of nitrogens with one attached hydrogen (secondary N) is 1.